The fraction of sp³-hybridized carbons (Fsp3) is 0.333. The van der Waals surface area contributed by atoms with Crippen molar-refractivity contribution in [2.45, 2.75) is 19.5 Å². The van der Waals surface area contributed by atoms with Gasteiger partial charge in [0.05, 0.1) is 6.26 Å². The molecule has 0 radical (unpaired) electrons. The van der Waals surface area contributed by atoms with E-state index in [1.165, 1.54) is 4.88 Å². The van der Waals surface area contributed by atoms with E-state index >= 15 is 0 Å². The minimum absolute atomic E-state index is 0.360. The molecule has 114 valence electrons. The number of hydrogen-bond acceptors (Lipinski definition) is 4. The number of rotatable bonds is 6. The Morgan fingerprint density at radius 2 is 1.90 bits per heavy atom. The van der Waals surface area contributed by atoms with Crippen LogP contribution >= 0.6 is 11.3 Å². The van der Waals surface area contributed by atoms with Crippen LogP contribution in [0.5, 0.6) is 0 Å². The van der Waals surface area contributed by atoms with Crippen LogP contribution in [0.3, 0.4) is 0 Å². The largest absolute Gasteiger partial charge is 0.295 e. The van der Waals surface area contributed by atoms with Gasteiger partial charge in [-0.2, -0.15) is 0 Å². The summed E-state index contributed by atoms with van der Waals surface area (Å²) in [5.41, 5.74) is 1.75. The van der Waals surface area contributed by atoms with Gasteiger partial charge in [-0.15, -0.1) is 11.3 Å². The maximum atomic E-state index is 11.2. The molecule has 1 unspecified atom stereocenters. The third-order valence-electron chi connectivity index (χ3n) is 3.31. The average molecular weight is 324 g/mol. The molecule has 0 aliphatic heterocycles. The number of sulfonamides is 1. The van der Waals surface area contributed by atoms with E-state index < -0.39 is 10.0 Å². The second-order valence-electron chi connectivity index (χ2n) is 5.18. The molecule has 0 saturated carbocycles. The second-order valence-corrected chi connectivity index (χ2v) is 7.91. The first-order chi connectivity index (χ1) is 9.85. The molecule has 0 spiro atoms. The smallest absolute Gasteiger partial charge is 0.229 e. The molecule has 1 N–H and O–H groups in total. The minimum atomic E-state index is -3.22. The van der Waals surface area contributed by atoms with Gasteiger partial charge < -0.3 is 0 Å². The zero-order valence-electron chi connectivity index (χ0n) is 12.4. The number of nitrogens with one attached hydrogen (secondary N) is 1. The van der Waals surface area contributed by atoms with Crippen molar-refractivity contribution in [1.82, 2.24) is 4.90 Å². The van der Waals surface area contributed by atoms with E-state index in [2.05, 4.69) is 41.1 Å². The van der Waals surface area contributed by atoms with E-state index in [1.807, 2.05) is 12.1 Å². The Hall–Kier alpha value is -1.37. The van der Waals surface area contributed by atoms with Gasteiger partial charge >= 0.3 is 0 Å². The van der Waals surface area contributed by atoms with Crippen LogP contribution in [-0.2, 0) is 16.6 Å². The summed E-state index contributed by atoms with van der Waals surface area (Å²) in [7, 11) is -1.12. The van der Waals surface area contributed by atoms with E-state index in [0.29, 0.717) is 11.7 Å². The lowest BCUT2D eigenvalue weighted by atomic mass is 10.1. The van der Waals surface area contributed by atoms with Gasteiger partial charge in [0.25, 0.3) is 0 Å². The van der Waals surface area contributed by atoms with Gasteiger partial charge in [0, 0.05) is 23.2 Å². The average Bonchev–Trinajstić information content (AvgIpc) is 2.92. The van der Waals surface area contributed by atoms with Crippen LogP contribution in [0.25, 0.3) is 0 Å². The molecule has 21 heavy (non-hydrogen) atoms. The molecule has 1 atom stereocenters. The molecule has 1 aromatic heterocycles. The van der Waals surface area contributed by atoms with Crippen LogP contribution < -0.4 is 4.72 Å². The molecular weight excluding hydrogens is 304 g/mol. The Morgan fingerprint density at radius 3 is 2.43 bits per heavy atom. The van der Waals surface area contributed by atoms with Gasteiger partial charge in [0.15, 0.2) is 0 Å². The van der Waals surface area contributed by atoms with Crippen molar-refractivity contribution in [1.29, 1.82) is 0 Å². The lowest BCUT2D eigenvalue weighted by molar-refractivity contribution is 0.256. The van der Waals surface area contributed by atoms with E-state index in [-0.39, 0.29) is 0 Å². The summed E-state index contributed by atoms with van der Waals surface area (Å²) < 4.78 is 24.8. The molecule has 0 saturated heterocycles. The van der Waals surface area contributed by atoms with Crippen molar-refractivity contribution in [3.8, 4) is 0 Å². The Labute approximate surface area is 130 Å². The van der Waals surface area contributed by atoms with Gasteiger partial charge in [-0.05, 0) is 43.1 Å². The summed E-state index contributed by atoms with van der Waals surface area (Å²) in [6, 6.07) is 12.1. The fourth-order valence-corrected chi connectivity index (χ4v) is 3.48. The van der Waals surface area contributed by atoms with Crippen LogP contribution in [0, 0.1) is 0 Å². The van der Waals surface area contributed by atoms with Crippen molar-refractivity contribution in [2.24, 2.45) is 0 Å². The molecular formula is C15H20N2O2S2. The first-order valence-corrected chi connectivity index (χ1v) is 9.42. The Kier molecular flexibility index (Phi) is 5.03. The Morgan fingerprint density at radius 1 is 1.24 bits per heavy atom. The van der Waals surface area contributed by atoms with Crippen molar-refractivity contribution in [3.63, 3.8) is 0 Å². The van der Waals surface area contributed by atoms with E-state index in [0.717, 1.165) is 18.4 Å². The Bertz CT molecular complexity index is 664. The molecule has 6 heteroatoms. The van der Waals surface area contributed by atoms with Gasteiger partial charge in [-0.25, -0.2) is 8.42 Å². The summed E-state index contributed by atoms with van der Waals surface area (Å²) in [6.07, 6.45) is 1.15. The number of thiophene rings is 1. The van der Waals surface area contributed by atoms with Gasteiger partial charge in [0.2, 0.25) is 10.0 Å². The summed E-state index contributed by atoms with van der Waals surface area (Å²) in [4.78, 5) is 3.61. The molecule has 0 aliphatic rings. The lowest BCUT2D eigenvalue weighted by Gasteiger charge is -2.24. The molecule has 4 nitrogen and oxygen atoms in total. The highest BCUT2D eigenvalue weighted by Crippen LogP contribution is 2.25. The van der Waals surface area contributed by atoms with Crippen molar-refractivity contribution >= 4 is 27.0 Å². The number of hydrogen-bond donors (Lipinski definition) is 1. The molecule has 0 aliphatic carbocycles. The van der Waals surface area contributed by atoms with Crippen molar-refractivity contribution in [3.05, 3.63) is 52.2 Å². The van der Waals surface area contributed by atoms with Crippen LogP contribution in [-0.4, -0.2) is 26.6 Å². The van der Waals surface area contributed by atoms with Gasteiger partial charge in [0.1, 0.15) is 0 Å². The summed E-state index contributed by atoms with van der Waals surface area (Å²) >= 11 is 1.76. The molecule has 2 aromatic rings. The first-order valence-electron chi connectivity index (χ1n) is 6.65. The maximum Gasteiger partial charge on any atom is 0.229 e. The molecule has 1 aromatic carbocycles. The fourth-order valence-electron chi connectivity index (χ4n) is 2.06. The zero-order valence-corrected chi connectivity index (χ0v) is 14.0. The third kappa shape index (κ3) is 4.84. The van der Waals surface area contributed by atoms with Crippen LogP contribution in [0.15, 0.2) is 41.8 Å². The normalized spacial score (nSPS) is 13.3. The van der Waals surface area contributed by atoms with Crippen LogP contribution in [0.2, 0.25) is 0 Å². The molecule has 0 bridgehead atoms. The van der Waals surface area contributed by atoms with E-state index in [9.17, 15) is 8.42 Å². The van der Waals surface area contributed by atoms with Crippen molar-refractivity contribution < 1.29 is 8.42 Å². The van der Waals surface area contributed by atoms with E-state index in [4.69, 9.17) is 0 Å². The van der Waals surface area contributed by atoms with Crippen LogP contribution in [0.4, 0.5) is 5.69 Å². The summed E-state index contributed by atoms with van der Waals surface area (Å²) in [5, 5.41) is 2.09. The maximum absolute atomic E-state index is 11.2. The quantitative estimate of drug-likeness (QED) is 0.887. The van der Waals surface area contributed by atoms with Crippen molar-refractivity contribution in [2.75, 3.05) is 18.0 Å². The first kappa shape index (κ1) is 16.0. The van der Waals surface area contributed by atoms with E-state index in [1.54, 1.807) is 23.5 Å². The number of nitrogens with zero attached hydrogens (tertiary/aromatic N) is 1. The topological polar surface area (TPSA) is 49.4 Å². The number of benzene rings is 1. The molecule has 1 heterocycles. The van der Waals surface area contributed by atoms with Gasteiger partial charge in [-0.1, -0.05) is 18.2 Å². The molecule has 0 amide bonds. The zero-order chi connectivity index (χ0) is 15.5. The minimum Gasteiger partial charge on any atom is -0.295 e. The molecule has 2 rings (SSSR count). The summed E-state index contributed by atoms with van der Waals surface area (Å²) in [6.45, 7) is 3.00. The Balaban J connectivity index is 2.00. The molecule has 0 fully saturated rings. The summed E-state index contributed by atoms with van der Waals surface area (Å²) in [5.74, 6) is 0. The van der Waals surface area contributed by atoms with Crippen LogP contribution in [0.1, 0.15) is 23.4 Å². The number of anilines is 1. The predicted octanol–water partition coefficient (Wildman–Crippen LogP) is 3.31. The highest BCUT2D eigenvalue weighted by molar-refractivity contribution is 7.92. The third-order valence-corrected chi connectivity index (χ3v) is 4.95. The monoisotopic (exact) mass is 324 g/mol. The second kappa shape index (κ2) is 6.60. The lowest BCUT2D eigenvalue weighted by Crippen LogP contribution is -2.21. The highest BCUT2D eigenvalue weighted by atomic mass is 32.2. The van der Waals surface area contributed by atoms with Gasteiger partial charge in [-0.3, -0.25) is 9.62 Å². The predicted molar refractivity (Wildman–Crippen MR) is 89.1 cm³/mol. The highest BCUT2D eigenvalue weighted by Gasteiger charge is 2.12. The SMILES string of the molecule is CC(c1cccs1)N(C)Cc1ccc(NS(C)(=O)=O)cc1. The standard InChI is InChI=1S/C15H20N2O2S2/c1-12(15-5-4-10-20-15)17(2)11-13-6-8-14(9-7-13)16-21(3,18)19/h4-10,12,16H,11H2,1-3H3.